The van der Waals surface area contributed by atoms with Crippen molar-refractivity contribution in [1.29, 1.82) is 0 Å². The van der Waals surface area contributed by atoms with E-state index >= 15 is 0 Å². The van der Waals surface area contributed by atoms with Crippen LogP contribution in [0.3, 0.4) is 0 Å². The average molecular weight is 268 g/mol. The molecule has 19 heavy (non-hydrogen) atoms. The molecule has 0 radical (unpaired) electrons. The Balaban J connectivity index is 2.01. The number of aromatic nitrogens is 2. The molecule has 1 N–H and O–H groups in total. The van der Waals surface area contributed by atoms with Crippen molar-refractivity contribution in [3.63, 3.8) is 0 Å². The summed E-state index contributed by atoms with van der Waals surface area (Å²) in [6.45, 7) is 1.59. The predicted octanol–water partition coefficient (Wildman–Crippen LogP) is 4.01. The van der Waals surface area contributed by atoms with E-state index in [1.165, 1.54) is 11.3 Å². The van der Waals surface area contributed by atoms with Crippen molar-refractivity contribution in [2.24, 2.45) is 0 Å². The number of nitrogens with one attached hydrogen (secondary N) is 1. The summed E-state index contributed by atoms with van der Waals surface area (Å²) in [5.41, 5.74) is 4.27. The maximum atomic E-state index is 11.3. The van der Waals surface area contributed by atoms with Crippen molar-refractivity contribution >= 4 is 17.1 Å². The number of rotatable bonds is 3. The maximum absolute atomic E-state index is 11.3. The fourth-order valence-electron chi connectivity index (χ4n) is 1.96. The zero-order valence-corrected chi connectivity index (χ0v) is 11.2. The lowest BCUT2D eigenvalue weighted by Gasteiger charge is -2.01. The molecule has 2 heterocycles. The van der Waals surface area contributed by atoms with Crippen LogP contribution in [0.15, 0.2) is 48.0 Å². The average Bonchev–Trinajstić information content (AvgIpc) is 3.10. The van der Waals surface area contributed by atoms with Gasteiger partial charge in [0.1, 0.15) is 0 Å². The number of benzene rings is 1. The van der Waals surface area contributed by atoms with Crippen molar-refractivity contribution in [3.8, 4) is 22.4 Å². The van der Waals surface area contributed by atoms with E-state index in [1.807, 2.05) is 35.7 Å². The third-order valence-corrected chi connectivity index (χ3v) is 3.99. The second-order valence-corrected chi connectivity index (χ2v) is 5.22. The van der Waals surface area contributed by atoms with Gasteiger partial charge in [0, 0.05) is 11.8 Å². The first kappa shape index (κ1) is 11.9. The van der Waals surface area contributed by atoms with Crippen molar-refractivity contribution < 1.29 is 4.79 Å². The lowest BCUT2D eigenvalue weighted by atomic mass is 10.0. The number of Topliss-reactive ketones (excluding diaryl/α,β-unsaturated/α-hetero) is 1. The molecule has 0 bridgehead atoms. The molecule has 0 spiro atoms. The van der Waals surface area contributed by atoms with Gasteiger partial charge in [0.05, 0.1) is 10.6 Å². The van der Waals surface area contributed by atoms with Crippen LogP contribution in [0.5, 0.6) is 0 Å². The number of ketones is 1. The fourth-order valence-corrected chi connectivity index (χ4v) is 2.77. The Kier molecular flexibility index (Phi) is 3.01. The highest BCUT2D eigenvalue weighted by Gasteiger charge is 2.07. The van der Waals surface area contributed by atoms with Gasteiger partial charge in [-0.15, -0.1) is 11.3 Å². The molecule has 4 heteroatoms. The molecule has 0 amide bonds. The molecular formula is C15H12N2OS. The zero-order valence-electron chi connectivity index (χ0n) is 10.4. The largest absolute Gasteiger partial charge is 0.294 e. The second-order valence-electron chi connectivity index (χ2n) is 4.31. The Labute approximate surface area is 114 Å². The van der Waals surface area contributed by atoms with Gasteiger partial charge in [-0.1, -0.05) is 18.2 Å². The minimum Gasteiger partial charge on any atom is -0.294 e. The first-order valence-electron chi connectivity index (χ1n) is 5.94. The van der Waals surface area contributed by atoms with E-state index in [-0.39, 0.29) is 5.78 Å². The molecule has 94 valence electrons. The SMILES string of the molecule is CC(=O)c1cc(-c2cccc(-c3ccn[nH]3)c2)cs1. The monoisotopic (exact) mass is 268 g/mol. The summed E-state index contributed by atoms with van der Waals surface area (Å²) in [4.78, 5) is 12.1. The molecule has 3 aromatic rings. The van der Waals surface area contributed by atoms with Gasteiger partial charge in [-0.25, -0.2) is 0 Å². The highest BCUT2D eigenvalue weighted by molar-refractivity contribution is 7.12. The molecule has 0 saturated heterocycles. The Hall–Kier alpha value is -2.20. The van der Waals surface area contributed by atoms with Crippen molar-refractivity contribution in [2.45, 2.75) is 6.92 Å². The molecule has 3 rings (SSSR count). The Morgan fingerprint density at radius 2 is 2.00 bits per heavy atom. The van der Waals surface area contributed by atoms with Crippen LogP contribution in [-0.2, 0) is 0 Å². The van der Waals surface area contributed by atoms with Crippen LogP contribution in [0.1, 0.15) is 16.6 Å². The van der Waals surface area contributed by atoms with Gasteiger partial charge < -0.3 is 0 Å². The predicted molar refractivity (Wildman–Crippen MR) is 77.3 cm³/mol. The van der Waals surface area contributed by atoms with Gasteiger partial charge in [0.25, 0.3) is 0 Å². The molecule has 0 unspecified atom stereocenters. The zero-order chi connectivity index (χ0) is 13.2. The highest BCUT2D eigenvalue weighted by atomic mass is 32.1. The number of aromatic amines is 1. The van der Waals surface area contributed by atoms with E-state index in [2.05, 4.69) is 16.3 Å². The van der Waals surface area contributed by atoms with Crippen LogP contribution in [0.25, 0.3) is 22.4 Å². The van der Waals surface area contributed by atoms with Gasteiger partial charge in [0.15, 0.2) is 5.78 Å². The fraction of sp³-hybridized carbons (Fsp3) is 0.0667. The van der Waals surface area contributed by atoms with Crippen molar-refractivity contribution in [2.75, 3.05) is 0 Å². The van der Waals surface area contributed by atoms with Gasteiger partial charge in [-0.05, 0) is 41.6 Å². The number of carbonyl (C=O) groups is 1. The number of nitrogens with zero attached hydrogens (tertiary/aromatic N) is 1. The molecular weight excluding hydrogens is 256 g/mol. The minimum absolute atomic E-state index is 0.112. The van der Waals surface area contributed by atoms with Gasteiger partial charge >= 0.3 is 0 Å². The molecule has 0 aliphatic heterocycles. The van der Waals surface area contributed by atoms with E-state index < -0.39 is 0 Å². The first-order valence-corrected chi connectivity index (χ1v) is 6.81. The van der Waals surface area contributed by atoms with E-state index in [9.17, 15) is 4.79 Å². The molecule has 1 aromatic carbocycles. The second kappa shape index (κ2) is 4.82. The Morgan fingerprint density at radius 1 is 1.16 bits per heavy atom. The van der Waals surface area contributed by atoms with E-state index in [1.54, 1.807) is 13.1 Å². The summed E-state index contributed by atoms with van der Waals surface area (Å²) >= 11 is 1.49. The normalized spacial score (nSPS) is 10.6. The summed E-state index contributed by atoms with van der Waals surface area (Å²) in [6.07, 6.45) is 1.74. The van der Waals surface area contributed by atoms with Crippen LogP contribution >= 0.6 is 11.3 Å². The van der Waals surface area contributed by atoms with E-state index in [0.717, 1.165) is 27.3 Å². The van der Waals surface area contributed by atoms with Crippen LogP contribution < -0.4 is 0 Å². The Bertz CT molecular complexity index is 713. The lowest BCUT2D eigenvalue weighted by molar-refractivity contribution is 0.102. The maximum Gasteiger partial charge on any atom is 0.169 e. The number of H-pyrrole nitrogens is 1. The minimum atomic E-state index is 0.112. The quantitative estimate of drug-likeness (QED) is 0.729. The standard InChI is InChI=1S/C15H12N2OS/c1-10(18)15-8-13(9-19-15)11-3-2-4-12(7-11)14-5-6-16-17-14/h2-9H,1H3,(H,16,17). The topological polar surface area (TPSA) is 45.8 Å². The lowest BCUT2D eigenvalue weighted by Crippen LogP contribution is -1.84. The van der Waals surface area contributed by atoms with Gasteiger partial charge in [-0.3, -0.25) is 9.89 Å². The van der Waals surface area contributed by atoms with Crippen LogP contribution in [-0.4, -0.2) is 16.0 Å². The van der Waals surface area contributed by atoms with Gasteiger partial charge in [0.2, 0.25) is 0 Å². The Morgan fingerprint density at radius 3 is 2.68 bits per heavy atom. The van der Waals surface area contributed by atoms with E-state index in [4.69, 9.17) is 0 Å². The molecule has 0 aliphatic rings. The van der Waals surface area contributed by atoms with Crippen LogP contribution in [0.4, 0.5) is 0 Å². The first-order chi connectivity index (χ1) is 9.24. The summed E-state index contributed by atoms with van der Waals surface area (Å²) in [7, 11) is 0. The number of carbonyl (C=O) groups excluding carboxylic acids is 1. The smallest absolute Gasteiger partial charge is 0.169 e. The third kappa shape index (κ3) is 2.35. The molecule has 2 aromatic heterocycles. The third-order valence-electron chi connectivity index (χ3n) is 2.95. The molecule has 0 atom stereocenters. The number of hydrogen-bond donors (Lipinski definition) is 1. The molecule has 0 fully saturated rings. The summed E-state index contributed by atoms with van der Waals surface area (Å²) in [5.74, 6) is 0.112. The van der Waals surface area contributed by atoms with E-state index in [0.29, 0.717) is 0 Å². The summed E-state index contributed by atoms with van der Waals surface area (Å²) in [5, 5.41) is 8.93. The molecule has 3 nitrogen and oxygen atoms in total. The molecule has 0 aliphatic carbocycles. The van der Waals surface area contributed by atoms with Crippen molar-refractivity contribution in [3.05, 3.63) is 52.9 Å². The highest BCUT2D eigenvalue weighted by Crippen LogP contribution is 2.29. The van der Waals surface area contributed by atoms with Crippen molar-refractivity contribution in [1.82, 2.24) is 10.2 Å². The number of thiophene rings is 1. The summed E-state index contributed by atoms with van der Waals surface area (Å²) < 4.78 is 0. The van der Waals surface area contributed by atoms with Crippen LogP contribution in [0.2, 0.25) is 0 Å². The summed E-state index contributed by atoms with van der Waals surface area (Å²) in [6, 6.07) is 12.1. The number of hydrogen-bond acceptors (Lipinski definition) is 3. The van der Waals surface area contributed by atoms with Crippen LogP contribution in [0, 0.1) is 0 Å². The molecule has 0 saturated carbocycles. The van der Waals surface area contributed by atoms with Gasteiger partial charge in [-0.2, -0.15) is 5.10 Å².